The number of hydrogen-bond acceptors (Lipinski definition) is 5. The van der Waals surface area contributed by atoms with E-state index in [1.807, 2.05) is 13.0 Å². The van der Waals surface area contributed by atoms with E-state index in [2.05, 4.69) is 20.6 Å². The van der Waals surface area contributed by atoms with Crippen molar-refractivity contribution in [2.24, 2.45) is 0 Å². The molecule has 0 radical (unpaired) electrons. The third kappa shape index (κ3) is 2.24. The highest BCUT2D eigenvalue weighted by Gasteiger charge is 2.15. The van der Waals surface area contributed by atoms with Crippen LogP contribution >= 0.6 is 0 Å². The van der Waals surface area contributed by atoms with Crippen LogP contribution in [-0.2, 0) is 4.79 Å². The lowest BCUT2D eigenvalue weighted by molar-refractivity contribution is -0.129. The lowest BCUT2D eigenvalue weighted by atomic mass is 10.3. The fraction of sp³-hybridized carbons (Fsp3) is 0.455. The van der Waals surface area contributed by atoms with E-state index >= 15 is 0 Å². The van der Waals surface area contributed by atoms with Gasteiger partial charge in [-0.3, -0.25) is 4.79 Å². The van der Waals surface area contributed by atoms with E-state index in [0.717, 1.165) is 0 Å². The second-order valence-corrected chi connectivity index (χ2v) is 4.33. The van der Waals surface area contributed by atoms with Crippen molar-refractivity contribution in [3.05, 3.63) is 18.0 Å². The molecule has 0 spiro atoms. The maximum absolute atomic E-state index is 11.7. The Labute approximate surface area is 105 Å². The zero-order valence-electron chi connectivity index (χ0n) is 10.9. The number of likely N-dealkylation sites (N-methyl/N-ethyl adjacent to an activating group) is 1. The summed E-state index contributed by atoms with van der Waals surface area (Å²) in [6, 6.07) is 3.26. The predicted octanol–water partition coefficient (Wildman–Crippen LogP) is 0.321. The summed E-state index contributed by atoms with van der Waals surface area (Å²) in [6.45, 7) is 3.62. The van der Waals surface area contributed by atoms with E-state index in [0.29, 0.717) is 17.3 Å². The molecule has 7 nitrogen and oxygen atoms in total. The highest BCUT2D eigenvalue weighted by atomic mass is 16.2. The number of anilines is 1. The van der Waals surface area contributed by atoms with Gasteiger partial charge in [0.15, 0.2) is 11.5 Å². The Morgan fingerprint density at radius 1 is 1.39 bits per heavy atom. The Hall–Kier alpha value is -2.18. The molecule has 0 saturated heterocycles. The van der Waals surface area contributed by atoms with Crippen LogP contribution in [0.5, 0.6) is 0 Å². The van der Waals surface area contributed by atoms with Crippen molar-refractivity contribution in [3.8, 4) is 0 Å². The molecule has 1 amide bonds. The maximum atomic E-state index is 11.7. The molecular weight excluding hydrogens is 232 g/mol. The van der Waals surface area contributed by atoms with Crippen molar-refractivity contribution in [1.29, 1.82) is 0 Å². The van der Waals surface area contributed by atoms with Gasteiger partial charge < -0.3 is 10.2 Å². The molecule has 0 fully saturated rings. The first-order valence-electron chi connectivity index (χ1n) is 5.66. The van der Waals surface area contributed by atoms with Crippen LogP contribution in [0.15, 0.2) is 12.1 Å². The summed E-state index contributed by atoms with van der Waals surface area (Å²) in [5.74, 6) is 1.32. The summed E-state index contributed by atoms with van der Waals surface area (Å²) in [6.07, 6.45) is 0. The average Bonchev–Trinajstić information content (AvgIpc) is 2.70. The van der Waals surface area contributed by atoms with Gasteiger partial charge in [-0.05, 0) is 26.0 Å². The van der Waals surface area contributed by atoms with E-state index in [9.17, 15) is 4.79 Å². The first-order valence-corrected chi connectivity index (χ1v) is 5.66. The molecule has 0 aliphatic rings. The van der Waals surface area contributed by atoms with E-state index in [4.69, 9.17) is 0 Å². The molecule has 0 bridgehead atoms. The molecule has 2 heterocycles. The molecule has 2 rings (SSSR count). The number of nitrogens with one attached hydrogen (secondary N) is 1. The molecule has 1 N–H and O–H groups in total. The Morgan fingerprint density at radius 3 is 2.78 bits per heavy atom. The lowest BCUT2D eigenvalue weighted by Crippen LogP contribution is -2.36. The molecular formula is C11H16N6O. The van der Waals surface area contributed by atoms with Gasteiger partial charge in [-0.2, -0.15) is 4.52 Å². The number of aryl methyl sites for hydroxylation is 1. The van der Waals surface area contributed by atoms with Crippen LogP contribution in [0.25, 0.3) is 5.65 Å². The van der Waals surface area contributed by atoms with Crippen LogP contribution in [0.4, 0.5) is 5.82 Å². The van der Waals surface area contributed by atoms with E-state index in [-0.39, 0.29) is 11.9 Å². The quantitative estimate of drug-likeness (QED) is 0.846. The predicted molar refractivity (Wildman–Crippen MR) is 67.3 cm³/mol. The Morgan fingerprint density at radius 2 is 2.11 bits per heavy atom. The van der Waals surface area contributed by atoms with E-state index < -0.39 is 0 Å². The first kappa shape index (κ1) is 12.3. The molecule has 0 aliphatic heterocycles. The number of amides is 1. The van der Waals surface area contributed by atoms with Crippen molar-refractivity contribution in [2.45, 2.75) is 19.9 Å². The molecule has 2 aromatic heterocycles. The van der Waals surface area contributed by atoms with Crippen LogP contribution in [0.1, 0.15) is 12.7 Å². The van der Waals surface area contributed by atoms with Crippen LogP contribution in [0.2, 0.25) is 0 Å². The number of carbonyl (C=O) groups excluding carboxylic acids is 1. The smallest absolute Gasteiger partial charge is 0.244 e. The zero-order chi connectivity index (χ0) is 13.3. The minimum Gasteiger partial charge on any atom is -0.357 e. The summed E-state index contributed by atoms with van der Waals surface area (Å²) in [7, 11) is 3.45. The number of aromatic nitrogens is 4. The Bertz CT molecular complexity index is 576. The normalized spacial score (nSPS) is 12.4. The van der Waals surface area contributed by atoms with Gasteiger partial charge in [-0.15, -0.1) is 15.3 Å². The minimum absolute atomic E-state index is 0.00243. The first-order chi connectivity index (χ1) is 8.49. The summed E-state index contributed by atoms with van der Waals surface area (Å²) >= 11 is 0. The van der Waals surface area contributed by atoms with Gasteiger partial charge in [-0.1, -0.05) is 0 Å². The maximum Gasteiger partial charge on any atom is 0.244 e. The van der Waals surface area contributed by atoms with E-state index in [1.165, 1.54) is 0 Å². The van der Waals surface area contributed by atoms with Crippen molar-refractivity contribution >= 4 is 17.4 Å². The third-order valence-corrected chi connectivity index (χ3v) is 2.59. The van der Waals surface area contributed by atoms with Crippen LogP contribution in [0, 0.1) is 6.92 Å². The highest BCUT2D eigenvalue weighted by molar-refractivity contribution is 5.83. The number of hydrogen-bond donors (Lipinski definition) is 1. The van der Waals surface area contributed by atoms with Gasteiger partial charge >= 0.3 is 0 Å². The third-order valence-electron chi connectivity index (χ3n) is 2.59. The highest BCUT2D eigenvalue weighted by Crippen LogP contribution is 2.08. The van der Waals surface area contributed by atoms with Gasteiger partial charge in [0.1, 0.15) is 11.9 Å². The van der Waals surface area contributed by atoms with Gasteiger partial charge in [0.05, 0.1) is 0 Å². The fourth-order valence-electron chi connectivity index (χ4n) is 1.64. The van der Waals surface area contributed by atoms with E-state index in [1.54, 1.807) is 36.5 Å². The van der Waals surface area contributed by atoms with Crippen molar-refractivity contribution in [3.63, 3.8) is 0 Å². The molecule has 0 saturated carbocycles. The number of nitrogens with zero attached hydrogens (tertiary/aromatic N) is 5. The molecule has 7 heteroatoms. The molecule has 18 heavy (non-hydrogen) atoms. The van der Waals surface area contributed by atoms with Gasteiger partial charge in [0, 0.05) is 14.1 Å². The average molecular weight is 248 g/mol. The minimum atomic E-state index is -0.332. The Kier molecular flexibility index (Phi) is 3.14. The summed E-state index contributed by atoms with van der Waals surface area (Å²) < 4.78 is 1.63. The fourth-order valence-corrected chi connectivity index (χ4v) is 1.64. The SMILES string of the molecule is Cc1nnc2ccc(N[C@@H](C)C(=O)N(C)C)nn12. The largest absolute Gasteiger partial charge is 0.357 e. The van der Waals surface area contributed by atoms with Crippen LogP contribution in [-0.4, -0.2) is 50.8 Å². The molecule has 1 atom stereocenters. The van der Waals surface area contributed by atoms with Crippen LogP contribution in [0.3, 0.4) is 0 Å². The molecule has 0 unspecified atom stereocenters. The van der Waals surface area contributed by atoms with Gasteiger partial charge in [-0.25, -0.2) is 0 Å². The standard InChI is InChI=1S/C11H16N6O/c1-7(11(18)16(3)4)12-9-5-6-10-14-13-8(2)17(10)15-9/h5-7H,1-4H3,(H,12,15)/t7-/m0/s1. The molecule has 96 valence electrons. The van der Waals surface area contributed by atoms with Crippen LogP contribution < -0.4 is 5.32 Å². The topological polar surface area (TPSA) is 75.4 Å². The van der Waals surface area contributed by atoms with Crippen molar-refractivity contribution < 1.29 is 4.79 Å². The Balaban J connectivity index is 2.21. The molecule has 0 aromatic carbocycles. The summed E-state index contributed by atoms with van der Waals surface area (Å²) in [5, 5.41) is 15.3. The van der Waals surface area contributed by atoms with Gasteiger partial charge in [0.25, 0.3) is 0 Å². The monoisotopic (exact) mass is 248 g/mol. The summed E-state index contributed by atoms with van der Waals surface area (Å²) in [5.41, 5.74) is 0.685. The summed E-state index contributed by atoms with van der Waals surface area (Å²) in [4.78, 5) is 13.3. The second kappa shape index (κ2) is 4.59. The molecule has 0 aliphatic carbocycles. The van der Waals surface area contributed by atoms with Crippen molar-refractivity contribution in [2.75, 3.05) is 19.4 Å². The lowest BCUT2D eigenvalue weighted by Gasteiger charge is -2.18. The number of carbonyl (C=O) groups is 1. The number of rotatable bonds is 3. The second-order valence-electron chi connectivity index (χ2n) is 4.33. The number of fused-ring (bicyclic) bond motifs is 1. The van der Waals surface area contributed by atoms with Gasteiger partial charge in [0.2, 0.25) is 5.91 Å². The zero-order valence-corrected chi connectivity index (χ0v) is 10.9. The molecule has 2 aromatic rings. The van der Waals surface area contributed by atoms with Crippen molar-refractivity contribution in [1.82, 2.24) is 24.7 Å².